The molecule has 1 unspecified atom stereocenters. The Morgan fingerprint density at radius 3 is 2.79 bits per heavy atom. The third-order valence-electron chi connectivity index (χ3n) is 4.37. The van der Waals surface area contributed by atoms with E-state index in [1.54, 1.807) is 17.8 Å². The standard InChI is InChI=1S/C17H27N6O5P/c1-4-5-6-7-27-17(24)13(3)23(29(25)26)11-28-12(2)8-22-10-21-14-15(18)19-9-20-16(14)22/h9-10,12-13H,4-8,11H2,1-3H3,(H2-,18,19,20,25,26)/p+1/t12-,13+/m1/s1. The number of anilines is 1. The average Bonchev–Trinajstić information content (AvgIpc) is 3.09. The summed E-state index contributed by atoms with van der Waals surface area (Å²) in [5, 5.41) is 0. The number of hydrogen-bond acceptors (Lipinski definition) is 8. The summed E-state index contributed by atoms with van der Waals surface area (Å²) >= 11 is 0. The molecule has 12 heteroatoms. The molecule has 11 nitrogen and oxygen atoms in total. The van der Waals surface area contributed by atoms with Crippen molar-refractivity contribution in [1.29, 1.82) is 0 Å². The zero-order chi connectivity index (χ0) is 21.4. The number of carbonyl (C=O) groups is 1. The Morgan fingerprint density at radius 1 is 1.34 bits per heavy atom. The Bertz CT molecular complexity index is 832. The molecule has 2 aromatic rings. The minimum Gasteiger partial charge on any atom is -0.464 e. The van der Waals surface area contributed by atoms with Crippen molar-refractivity contribution in [3.63, 3.8) is 0 Å². The van der Waals surface area contributed by atoms with Crippen LogP contribution in [0.3, 0.4) is 0 Å². The Labute approximate surface area is 170 Å². The third-order valence-corrected chi connectivity index (χ3v) is 5.28. The van der Waals surface area contributed by atoms with Crippen LogP contribution in [0.5, 0.6) is 0 Å². The first kappa shape index (κ1) is 23.1. The van der Waals surface area contributed by atoms with Crippen LogP contribution in [0.2, 0.25) is 0 Å². The minimum absolute atomic E-state index is 0.206. The number of ether oxygens (including phenoxy) is 2. The number of imidazole rings is 1. The molecule has 0 bridgehead atoms. The molecule has 3 N–H and O–H groups in total. The highest BCUT2D eigenvalue weighted by atomic mass is 31.1. The van der Waals surface area contributed by atoms with E-state index in [2.05, 4.69) is 21.9 Å². The summed E-state index contributed by atoms with van der Waals surface area (Å²) in [6.45, 7) is 5.84. The lowest BCUT2D eigenvalue weighted by Crippen LogP contribution is -2.38. The number of esters is 1. The molecule has 29 heavy (non-hydrogen) atoms. The van der Waals surface area contributed by atoms with Crippen molar-refractivity contribution in [1.82, 2.24) is 24.2 Å². The molecule has 0 aliphatic carbocycles. The quantitative estimate of drug-likeness (QED) is 0.223. The zero-order valence-electron chi connectivity index (χ0n) is 16.9. The number of nitrogen functional groups attached to an aromatic ring is 1. The van der Waals surface area contributed by atoms with Crippen LogP contribution < -0.4 is 5.73 Å². The van der Waals surface area contributed by atoms with E-state index in [0.717, 1.165) is 23.9 Å². The van der Waals surface area contributed by atoms with Gasteiger partial charge in [0.2, 0.25) is 0 Å². The van der Waals surface area contributed by atoms with Gasteiger partial charge in [-0.2, -0.15) is 0 Å². The predicted octanol–water partition coefficient (Wildman–Crippen LogP) is 1.84. The largest absolute Gasteiger partial charge is 0.616 e. The lowest BCUT2D eigenvalue weighted by Gasteiger charge is -2.19. The molecule has 0 saturated carbocycles. The van der Waals surface area contributed by atoms with Crippen molar-refractivity contribution in [3.05, 3.63) is 12.7 Å². The summed E-state index contributed by atoms with van der Waals surface area (Å²) in [7, 11) is -2.77. The molecule has 160 valence electrons. The van der Waals surface area contributed by atoms with Gasteiger partial charge in [-0.1, -0.05) is 19.8 Å². The van der Waals surface area contributed by atoms with Gasteiger partial charge in [0.15, 0.2) is 17.5 Å². The smallest absolute Gasteiger partial charge is 0.464 e. The molecule has 2 heterocycles. The minimum atomic E-state index is -2.77. The van der Waals surface area contributed by atoms with E-state index < -0.39 is 20.2 Å². The second-order valence-corrected chi connectivity index (χ2v) is 7.70. The number of nitrogens with two attached hydrogens (primary N) is 1. The van der Waals surface area contributed by atoms with Crippen molar-refractivity contribution in [2.24, 2.45) is 0 Å². The van der Waals surface area contributed by atoms with E-state index in [4.69, 9.17) is 15.2 Å². The summed E-state index contributed by atoms with van der Waals surface area (Å²) < 4.78 is 25.4. The number of rotatable bonds is 12. The fourth-order valence-electron chi connectivity index (χ4n) is 2.64. The number of carbonyl (C=O) groups excluding carboxylic acids is 1. The Morgan fingerprint density at radius 2 is 2.10 bits per heavy atom. The molecule has 3 atom stereocenters. The number of hydrogen-bond donors (Lipinski definition) is 2. The lowest BCUT2D eigenvalue weighted by atomic mass is 10.3. The van der Waals surface area contributed by atoms with Gasteiger partial charge in [-0.05, 0) is 29.5 Å². The normalized spacial score (nSPS) is 14.2. The molecule has 0 radical (unpaired) electrons. The van der Waals surface area contributed by atoms with Crippen LogP contribution in [-0.2, 0) is 25.4 Å². The van der Waals surface area contributed by atoms with Crippen molar-refractivity contribution in [2.45, 2.75) is 58.7 Å². The Balaban J connectivity index is 1.91. The first-order valence-electron chi connectivity index (χ1n) is 9.47. The van der Waals surface area contributed by atoms with Crippen LogP contribution in [0.25, 0.3) is 11.2 Å². The first-order chi connectivity index (χ1) is 13.8. The third kappa shape index (κ3) is 6.40. The van der Waals surface area contributed by atoms with E-state index in [9.17, 15) is 14.3 Å². The van der Waals surface area contributed by atoms with Crippen molar-refractivity contribution < 1.29 is 23.7 Å². The summed E-state index contributed by atoms with van der Waals surface area (Å²) in [6, 6.07) is -0.904. The van der Waals surface area contributed by atoms with Gasteiger partial charge in [-0.15, -0.1) is 4.89 Å². The molecular weight excluding hydrogens is 399 g/mol. The Hall–Kier alpha value is -2.20. The van der Waals surface area contributed by atoms with Gasteiger partial charge in [-0.3, -0.25) is 4.79 Å². The highest BCUT2D eigenvalue weighted by Crippen LogP contribution is 2.25. The van der Waals surface area contributed by atoms with Gasteiger partial charge in [0, 0.05) is 0 Å². The van der Waals surface area contributed by atoms with Crippen LogP contribution in [0.15, 0.2) is 12.7 Å². The van der Waals surface area contributed by atoms with Gasteiger partial charge in [-0.25, -0.2) is 15.0 Å². The average molecular weight is 427 g/mol. The van der Waals surface area contributed by atoms with Gasteiger partial charge in [0.1, 0.15) is 18.6 Å². The first-order valence-corrected chi connectivity index (χ1v) is 10.6. The van der Waals surface area contributed by atoms with Crippen molar-refractivity contribution in [2.75, 3.05) is 19.1 Å². The number of unbranched alkanes of at least 4 members (excludes halogenated alkanes) is 2. The van der Waals surface area contributed by atoms with Crippen LogP contribution >= 0.6 is 8.18 Å². The van der Waals surface area contributed by atoms with Gasteiger partial charge < -0.3 is 19.8 Å². The maximum absolute atomic E-state index is 12.1. The maximum atomic E-state index is 12.1. The molecule has 0 spiro atoms. The molecule has 0 amide bonds. The highest BCUT2D eigenvalue weighted by molar-refractivity contribution is 7.35. The van der Waals surface area contributed by atoms with Crippen molar-refractivity contribution in [3.8, 4) is 0 Å². The predicted molar refractivity (Wildman–Crippen MR) is 107 cm³/mol. The summed E-state index contributed by atoms with van der Waals surface area (Å²) in [5.41, 5.74) is 6.85. The second-order valence-electron chi connectivity index (χ2n) is 6.68. The monoisotopic (exact) mass is 427 g/mol. The van der Waals surface area contributed by atoms with E-state index in [0.29, 0.717) is 24.3 Å². The summed E-state index contributed by atoms with van der Waals surface area (Å²) in [6.07, 6.45) is 5.32. The molecule has 0 fully saturated rings. The number of nitrogens with zero attached hydrogens (tertiary/aromatic N) is 5. The van der Waals surface area contributed by atoms with Gasteiger partial charge in [0.25, 0.3) is 0 Å². The number of aromatic nitrogens is 4. The van der Waals surface area contributed by atoms with Crippen molar-refractivity contribution >= 4 is 31.1 Å². The van der Waals surface area contributed by atoms with Crippen LogP contribution in [0.1, 0.15) is 40.0 Å². The van der Waals surface area contributed by atoms with Gasteiger partial charge in [0.05, 0.1) is 25.6 Å². The van der Waals surface area contributed by atoms with E-state index in [1.165, 1.54) is 13.3 Å². The van der Waals surface area contributed by atoms with Gasteiger partial charge >= 0.3 is 14.1 Å². The molecule has 2 rings (SSSR count). The molecule has 0 saturated heterocycles. The molecule has 0 aliphatic rings. The van der Waals surface area contributed by atoms with Crippen LogP contribution in [-0.4, -0.2) is 60.5 Å². The summed E-state index contributed by atoms with van der Waals surface area (Å²) in [5.74, 6) is -0.264. The van der Waals surface area contributed by atoms with E-state index >= 15 is 0 Å². The molecule has 0 aromatic carbocycles. The highest BCUT2D eigenvalue weighted by Gasteiger charge is 2.37. The second kappa shape index (κ2) is 11.1. The Kier molecular flexibility index (Phi) is 8.84. The fourth-order valence-corrected chi connectivity index (χ4v) is 3.20. The molecular formula is C17H28N6O5P+. The SMILES string of the molecule is CCCCCOC(=O)[C@H](C)N(CO[C@H](C)Cn1cnc2c(N)ncnc21)[P+](=O)O. The van der Waals surface area contributed by atoms with Crippen LogP contribution in [0.4, 0.5) is 5.82 Å². The molecule has 2 aromatic heterocycles. The summed E-state index contributed by atoms with van der Waals surface area (Å²) in [4.78, 5) is 34.0. The number of fused-ring (bicyclic) bond motifs is 1. The van der Waals surface area contributed by atoms with E-state index in [1.807, 2.05) is 0 Å². The fraction of sp³-hybridized carbons (Fsp3) is 0.647. The van der Waals surface area contributed by atoms with Crippen LogP contribution in [0, 0.1) is 0 Å². The zero-order valence-corrected chi connectivity index (χ0v) is 17.8. The topological polar surface area (TPSA) is 146 Å². The lowest BCUT2D eigenvalue weighted by molar-refractivity contribution is -0.149. The van der Waals surface area contributed by atoms with E-state index in [-0.39, 0.29) is 18.7 Å². The molecule has 0 aliphatic heterocycles. The maximum Gasteiger partial charge on any atom is 0.616 e.